The van der Waals surface area contributed by atoms with Gasteiger partial charge in [0.25, 0.3) is 0 Å². The first-order valence-electron chi connectivity index (χ1n) is 6.20. The Morgan fingerprint density at radius 1 is 1.33 bits per heavy atom. The van der Waals surface area contributed by atoms with Gasteiger partial charge < -0.3 is 4.74 Å². The topological polar surface area (TPSA) is 35.0 Å². The molecule has 0 saturated carbocycles. The van der Waals surface area contributed by atoms with Gasteiger partial charge >= 0.3 is 0 Å². The second kappa shape index (κ2) is 5.43. The zero-order chi connectivity index (χ0) is 13.3. The lowest BCUT2D eigenvalue weighted by Crippen LogP contribution is -2.22. The summed E-state index contributed by atoms with van der Waals surface area (Å²) in [4.78, 5) is 9.10. The molecular formula is C13H18BrClN2O. The van der Waals surface area contributed by atoms with Crippen LogP contribution in [0.4, 0.5) is 0 Å². The van der Waals surface area contributed by atoms with Crippen molar-refractivity contribution in [1.29, 1.82) is 0 Å². The molecule has 1 aromatic heterocycles. The minimum atomic E-state index is -0.0598. The molecule has 0 aliphatic carbocycles. The van der Waals surface area contributed by atoms with E-state index in [-0.39, 0.29) is 11.3 Å². The standard InChI is InChI=1S/C13H18BrClN2O/c1-13(2,3)10-9(14)11(15)17-12(16-10)8-5-4-6-18-7-8/h8H,4-7H2,1-3H3. The van der Waals surface area contributed by atoms with Crippen LogP contribution in [-0.4, -0.2) is 23.2 Å². The minimum Gasteiger partial charge on any atom is -0.381 e. The quantitative estimate of drug-likeness (QED) is 0.726. The van der Waals surface area contributed by atoms with Gasteiger partial charge in [-0.3, -0.25) is 0 Å². The zero-order valence-corrected chi connectivity index (χ0v) is 13.3. The van der Waals surface area contributed by atoms with E-state index in [0.717, 1.165) is 35.4 Å². The molecule has 0 spiro atoms. The third-order valence-electron chi connectivity index (χ3n) is 3.06. The molecule has 1 saturated heterocycles. The van der Waals surface area contributed by atoms with Crippen molar-refractivity contribution in [2.75, 3.05) is 13.2 Å². The van der Waals surface area contributed by atoms with E-state index in [1.54, 1.807) is 0 Å². The highest BCUT2D eigenvalue weighted by molar-refractivity contribution is 9.10. The smallest absolute Gasteiger partial charge is 0.147 e. The third-order valence-corrected chi connectivity index (χ3v) is 4.32. The molecule has 0 aromatic carbocycles. The van der Waals surface area contributed by atoms with Crippen LogP contribution in [0.25, 0.3) is 0 Å². The molecule has 1 aliphatic rings. The number of hydrogen-bond acceptors (Lipinski definition) is 3. The summed E-state index contributed by atoms with van der Waals surface area (Å²) >= 11 is 9.69. The predicted molar refractivity (Wildman–Crippen MR) is 76.2 cm³/mol. The van der Waals surface area contributed by atoms with Crippen LogP contribution in [-0.2, 0) is 10.2 Å². The van der Waals surface area contributed by atoms with Gasteiger partial charge in [-0.25, -0.2) is 9.97 Å². The highest BCUT2D eigenvalue weighted by atomic mass is 79.9. The lowest BCUT2D eigenvalue weighted by Gasteiger charge is -2.25. The summed E-state index contributed by atoms with van der Waals surface area (Å²) in [7, 11) is 0. The number of hydrogen-bond donors (Lipinski definition) is 0. The number of nitrogens with zero attached hydrogens (tertiary/aromatic N) is 2. The van der Waals surface area contributed by atoms with Gasteiger partial charge in [0.2, 0.25) is 0 Å². The van der Waals surface area contributed by atoms with Gasteiger partial charge in [0.1, 0.15) is 11.0 Å². The predicted octanol–water partition coefficient (Wildman–Crippen LogP) is 4.08. The lowest BCUT2D eigenvalue weighted by atomic mass is 9.91. The van der Waals surface area contributed by atoms with Crippen LogP contribution < -0.4 is 0 Å². The molecule has 0 amide bonds. The Kier molecular flexibility index (Phi) is 4.29. The van der Waals surface area contributed by atoms with Crippen LogP contribution in [0, 0.1) is 0 Å². The highest BCUT2D eigenvalue weighted by Crippen LogP contribution is 2.34. The maximum atomic E-state index is 6.21. The number of halogens is 2. The average molecular weight is 334 g/mol. The number of ether oxygens (including phenoxy) is 1. The molecule has 1 fully saturated rings. The normalized spacial score (nSPS) is 21.1. The Morgan fingerprint density at radius 2 is 2.06 bits per heavy atom. The van der Waals surface area contributed by atoms with E-state index in [4.69, 9.17) is 21.3 Å². The molecule has 1 unspecified atom stereocenters. The van der Waals surface area contributed by atoms with Crippen LogP contribution in [0.15, 0.2) is 4.47 Å². The molecule has 0 radical (unpaired) electrons. The first-order chi connectivity index (χ1) is 8.39. The Labute approximate surface area is 121 Å². The summed E-state index contributed by atoms with van der Waals surface area (Å²) < 4.78 is 6.30. The average Bonchev–Trinajstić information content (AvgIpc) is 2.32. The minimum absolute atomic E-state index is 0.0598. The largest absolute Gasteiger partial charge is 0.381 e. The summed E-state index contributed by atoms with van der Waals surface area (Å²) in [6, 6.07) is 0. The number of rotatable bonds is 1. The van der Waals surface area contributed by atoms with Crippen LogP contribution in [0.5, 0.6) is 0 Å². The van der Waals surface area contributed by atoms with Crippen molar-refractivity contribution in [2.45, 2.75) is 44.9 Å². The van der Waals surface area contributed by atoms with Crippen LogP contribution in [0.1, 0.15) is 51.0 Å². The van der Waals surface area contributed by atoms with Crippen molar-refractivity contribution >= 4 is 27.5 Å². The van der Waals surface area contributed by atoms with Crippen LogP contribution in [0.3, 0.4) is 0 Å². The molecule has 3 nitrogen and oxygen atoms in total. The van der Waals surface area contributed by atoms with E-state index in [9.17, 15) is 0 Å². The van der Waals surface area contributed by atoms with Gasteiger partial charge in [0, 0.05) is 17.9 Å². The third kappa shape index (κ3) is 3.03. The van der Waals surface area contributed by atoms with E-state index in [1.807, 2.05) is 0 Å². The Balaban J connectivity index is 2.40. The van der Waals surface area contributed by atoms with Crippen molar-refractivity contribution in [3.05, 3.63) is 21.1 Å². The zero-order valence-electron chi connectivity index (χ0n) is 11.0. The lowest BCUT2D eigenvalue weighted by molar-refractivity contribution is 0.0779. The molecule has 5 heteroatoms. The summed E-state index contributed by atoms with van der Waals surface area (Å²) in [6.07, 6.45) is 2.13. The Hall–Kier alpha value is -0.190. The molecule has 0 N–H and O–H groups in total. The van der Waals surface area contributed by atoms with Crippen molar-refractivity contribution < 1.29 is 4.74 Å². The fraction of sp³-hybridized carbons (Fsp3) is 0.692. The second-order valence-electron chi connectivity index (χ2n) is 5.70. The van der Waals surface area contributed by atoms with Crippen molar-refractivity contribution in [3.63, 3.8) is 0 Å². The first kappa shape index (κ1) is 14.2. The van der Waals surface area contributed by atoms with E-state index in [1.165, 1.54) is 0 Å². The molecule has 0 bridgehead atoms. The second-order valence-corrected chi connectivity index (χ2v) is 6.85. The molecule has 18 heavy (non-hydrogen) atoms. The van der Waals surface area contributed by atoms with E-state index < -0.39 is 0 Å². The SMILES string of the molecule is CC(C)(C)c1nc(C2CCCOC2)nc(Cl)c1Br. The molecular weight excluding hydrogens is 316 g/mol. The molecule has 2 rings (SSSR count). The van der Waals surface area contributed by atoms with Crippen LogP contribution >= 0.6 is 27.5 Å². The highest BCUT2D eigenvalue weighted by Gasteiger charge is 2.26. The maximum Gasteiger partial charge on any atom is 0.147 e. The molecule has 2 heterocycles. The number of aromatic nitrogens is 2. The summed E-state index contributed by atoms with van der Waals surface area (Å²) in [6.45, 7) is 7.90. The van der Waals surface area contributed by atoms with Crippen molar-refractivity contribution in [1.82, 2.24) is 9.97 Å². The van der Waals surface area contributed by atoms with Gasteiger partial charge in [-0.15, -0.1) is 0 Å². The molecule has 1 aromatic rings. The van der Waals surface area contributed by atoms with Gasteiger partial charge in [-0.2, -0.15) is 0 Å². The van der Waals surface area contributed by atoms with Gasteiger partial charge in [-0.1, -0.05) is 32.4 Å². The Morgan fingerprint density at radius 3 is 2.61 bits per heavy atom. The van der Waals surface area contributed by atoms with E-state index in [2.05, 4.69) is 41.7 Å². The molecule has 1 aliphatic heterocycles. The van der Waals surface area contributed by atoms with Gasteiger partial charge in [-0.05, 0) is 28.8 Å². The van der Waals surface area contributed by atoms with Crippen molar-refractivity contribution in [2.24, 2.45) is 0 Å². The van der Waals surface area contributed by atoms with Gasteiger partial charge in [0.05, 0.1) is 16.8 Å². The van der Waals surface area contributed by atoms with E-state index >= 15 is 0 Å². The monoisotopic (exact) mass is 332 g/mol. The summed E-state index contributed by atoms with van der Waals surface area (Å²) in [5.74, 6) is 1.08. The van der Waals surface area contributed by atoms with Crippen molar-refractivity contribution in [3.8, 4) is 0 Å². The van der Waals surface area contributed by atoms with E-state index in [0.29, 0.717) is 11.8 Å². The first-order valence-corrected chi connectivity index (χ1v) is 7.38. The Bertz CT molecular complexity index is 439. The molecule has 100 valence electrons. The van der Waals surface area contributed by atoms with Gasteiger partial charge in [0.15, 0.2) is 0 Å². The van der Waals surface area contributed by atoms with Crippen LogP contribution in [0.2, 0.25) is 5.15 Å². The summed E-state index contributed by atoms with van der Waals surface area (Å²) in [5.41, 5.74) is 0.901. The fourth-order valence-corrected chi connectivity index (χ4v) is 3.01. The molecule has 1 atom stereocenters. The maximum absolute atomic E-state index is 6.21. The summed E-state index contributed by atoms with van der Waals surface area (Å²) in [5, 5.41) is 0.496. The fourth-order valence-electron chi connectivity index (χ4n) is 2.06.